The molecule has 1 aromatic carbocycles. The Balaban J connectivity index is 1.77. The van der Waals surface area contributed by atoms with Gasteiger partial charge in [0.2, 0.25) is 0 Å². The normalized spacial score (nSPS) is 24.6. The second kappa shape index (κ2) is 5.98. The molecule has 0 aliphatic carbocycles. The molecule has 2 aliphatic heterocycles. The predicted octanol–water partition coefficient (Wildman–Crippen LogP) is 3.62. The molecule has 2 atom stereocenters. The molecule has 3 rings (SSSR count). The number of fused-ring (bicyclic) bond motifs is 1. The van der Waals surface area contributed by atoms with Gasteiger partial charge < -0.3 is 14.8 Å². The van der Waals surface area contributed by atoms with Crippen LogP contribution in [-0.2, 0) is 11.2 Å². The minimum absolute atomic E-state index is 0.0663. The first-order valence-electron chi connectivity index (χ1n) is 8.24. The molecule has 0 radical (unpaired) electrons. The SMILES string of the molecule is CCNC(CC1CCCO1)c1ccc2c(c1)CC(C)(C)O2. The van der Waals surface area contributed by atoms with Crippen molar-refractivity contribution in [3.63, 3.8) is 0 Å². The standard InChI is InChI=1S/C18H27NO2/c1-4-19-16(11-15-6-5-9-20-15)13-7-8-17-14(10-13)12-18(2,3)21-17/h7-8,10,15-16,19H,4-6,9,11-12H2,1-3H3. The van der Waals surface area contributed by atoms with Crippen molar-refractivity contribution in [2.45, 2.75) is 64.2 Å². The fraction of sp³-hybridized carbons (Fsp3) is 0.667. The lowest BCUT2D eigenvalue weighted by Crippen LogP contribution is -2.25. The second-order valence-electron chi connectivity index (χ2n) is 6.89. The highest BCUT2D eigenvalue weighted by atomic mass is 16.5. The van der Waals surface area contributed by atoms with Crippen molar-refractivity contribution in [3.05, 3.63) is 29.3 Å². The third-order valence-corrected chi connectivity index (χ3v) is 4.46. The zero-order valence-electron chi connectivity index (χ0n) is 13.4. The summed E-state index contributed by atoms with van der Waals surface area (Å²) in [7, 11) is 0. The molecule has 1 aromatic rings. The van der Waals surface area contributed by atoms with Crippen molar-refractivity contribution in [2.75, 3.05) is 13.2 Å². The Morgan fingerprint density at radius 2 is 2.24 bits per heavy atom. The first-order chi connectivity index (χ1) is 10.1. The van der Waals surface area contributed by atoms with Crippen LogP contribution in [0.15, 0.2) is 18.2 Å². The van der Waals surface area contributed by atoms with Crippen LogP contribution in [0.4, 0.5) is 0 Å². The predicted molar refractivity (Wildman–Crippen MR) is 84.9 cm³/mol. The highest BCUT2D eigenvalue weighted by Gasteiger charge is 2.31. The molecule has 0 amide bonds. The van der Waals surface area contributed by atoms with Gasteiger partial charge in [0.05, 0.1) is 6.10 Å². The van der Waals surface area contributed by atoms with Gasteiger partial charge in [-0.1, -0.05) is 19.1 Å². The Labute approximate surface area is 128 Å². The van der Waals surface area contributed by atoms with Gasteiger partial charge in [-0.3, -0.25) is 0 Å². The van der Waals surface area contributed by atoms with Gasteiger partial charge in [-0.25, -0.2) is 0 Å². The summed E-state index contributed by atoms with van der Waals surface area (Å²) >= 11 is 0. The fourth-order valence-corrected chi connectivity index (χ4v) is 3.52. The number of ether oxygens (including phenoxy) is 2. The maximum absolute atomic E-state index is 5.98. The van der Waals surface area contributed by atoms with Gasteiger partial charge in [-0.15, -0.1) is 0 Å². The van der Waals surface area contributed by atoms with Crippen molar-refractivity contribution < 1.29 is 9.47 Å². The molecule has 21 heavy (non-hydrogen) atoms. The average molecular weight is 289 g/mol. The van der Waals surface area contributed by atoms with Crippen LogP contribution in [0.3, 0.4) is 0 Å². The molecule has 116 valence electrons. The molecule has 3 nitrogen and oxygen atoms in total. The van der Waals surface area contributed by atoms with E-state index in [1.54, 1.807) is 0 Å². The smallest absolute Gasteiger partial charge is 0.123 e. The van der Waals surface area contributed by atoms with Crippen molar-refractivity contribution in [1.29, 1.82) is 0 Å². The lowest BCUT2D eigenvalue weighted by molar-refractivity contribution is 0.0947. The van der Waals surface area contributed by atoms with Gasteiger partial charge in [0.1, 0.15) is 11.4 Å². The molecule has 2 aliphatic rings. The molecule has 0 saturated carbocycles. The number of hydrogen-bond acceptors (Lipinski definition) is 3. The number of nitrogens with one attached hydrogen (secondary N) is 1. The van der Waals surface area contributed by atoms with Crippen molar-refractivity contribution >= 4 is 0 Å². The zero-order valence-corrected chi connectivity index (χ0v) is 13.4. The minimum atomic E-state index is -0.0663. The van der Waals surface area contributed by atoms with E-state index in [-0.39, 0.29) is 5.60 Å². The fourth-order valence-electron chi connectivity index (χ4n) is 3.52. The number of benzene rings is 1. The van der Waals surface area contributed by atoms with Crippen LogP contribution < -0.4 is 10.1 Å². The molecule has 2 heterocycles. The molecule has 1 saturated heterocycles. The van der Waals surface area contributed by atoms with Crippen LogP contribution in [0, 0.1) is 0 Å². The van der Waals surface area contributed by atoms with E-state index >= 15 is 0 Å². The van der Waals surface area contributed by atoms with E-state index in [0.29, 0.717) is 12.1 Å². The molecule has 2 unspecified atom stereocenters. The topological polar surface area (TPSA) is 30.5 Å². The third kappa shape index (κ3) is 3.41. The Hall–Kier alpha value is -1.06. The molecule has 0 aromatic heterocycles. The van der Waals surface area contributed by atoms with E-state index in [1.165, 1.54) is 24.0 Å². The summed E-state index contributed by atoms with van der Waals surface area (Å²) in [5.74, 6) is 1.05. The van der Waals surface area contributed by atoms with Crippen LogP contribution in [-0.4, -0.2) is 24.9 Å². The van der Waals surface area contributed by atoms with Gasteiger partial charge in [0, 0.05) is 19.1 Å². The monoisotopic (exact) mass is 289 g/mol. The summed E-state index contributed by atoms with van der Waals surface area (Å²) in [4.78, 5) is 0. The first kappa shape index (κ1) is 14.9. The van der Waals surface area contributed by atoms with Crippen LogP contribution in [0.5, 0.6) is 5.75 Å². The lowest BCUT2D eigenvalue weighted by Gasteiger charge is -2.22. The minimum Gasteiger partial charge on any atom is -0.487 e. The van der Waals surface area contributed by atoms with E-state index in [4.69, 9.17) is 9.47 Å². The summed E-state index contributed by atoms with van der Waals surface area (Å²) in [5.41, 5.74) is 2.64. The molecule has 3 heteroatoms. The van der Waals surface area contributed by atoms with Gasteiger partial charge >= 0.3 is 0 Å². The lowest BCUT2D eigenvalue weighted by atomic mass is 9.95. The van der Waals surface area contributed by atoms with Crippen LogP contribution in [0.2, 0.25) is 0 Å². The van der Waals surface area contributed by atoms with E-state index in [2.05, 4.69) is 44.3 Å². The third-order valence-electron chi connectivity index (χ3n) is 4.46. The van der Waals surface area contributed by atoms with Gasteiger partial charge in [0.15, 0.2) is 0 Å². The molecular formula is C18H27NO2. The zero-order chi connectivity index (χ0) is 14.9. The second-order valence-corrected chi connectivity index (χ2v) is 6.89. The van der Waals surface area contributed by atoms with Crippen molar-refractivity contribution in [2.24, 2.45) is 0 Å². The number of hydrogen-bond donors (Lipinski definition) is 1. The van der Waals surface area contributed by atoms with Crippen LogP contribution in [0.25, 0.3) is 0 Å². The van der Waals surface area contributed by atoms with E-state index < -0.39 is 0 Å². The molecular weight excluding hydrogens is 262 g/mol. The van der Waals surface area contributed by atoms with Gasteiger partial charge in [-0.2, -0.15) is 0 Å². The Morgan fingerprint density at radius 3 is 2.95 bits per heavy atom. The van der Waals surface area contributed by atoms with E-state index in [1.807, 2.05) is 0 Å². The van der Waals surface area contributed by atoms with Crippen molar-refractivity contribution in [1.82, 2.24) is 5.32 Å². The quantitative estimate of drug-likeness (QED) is 0.898. The van der Waals surface area contributed by atoms with Crippen molar-refractivity contribution in [3.8, 4) is 5.75 Å². The van der Waals surface area contributed by atoms with Gasteiger partial charge in [0.25, 0.3) is 0 Å². The van der Waals surface area contributed by atoms with E-state index in [9.17, 15) is 0 Å². The van der Waals surface area contributed by atoms with Crippen LogP contribution >= 0.6 is 0 Å². The molecule has 0 bridgehead atoms. The largest absolute Gasteiger partial charge is 0.487 e. The maximum Gasteiger partial charge on any atom is 0.123 e. The van der Waals surface area contributed by atoms with Crippen LogP contribution in [0.1, 0.15) is 57.2 Å². The first-order valence-corrected chi connectivity index (χ1v) is 8.24. The Morgan fingerprint density at radius 1 is 1.38 bits per heavy atom. The molecule has 1 N–H and O–H groups in total. The van der Waals surface area contributed by atoms with Gasteiger partial charge in [-0.05, 0) is 56.8 Å². The number of rotatable bonds is 5. The highest BCUT2D eigenvalue weighted by molar-refractivity contribution is 5.42. The summed E-state index contributed by atoms with van der Waals surface area (Å²) in [6, 6.07) is 7.06. The summed E-state index contributed by atoms with van der Waals surface area (Å²) < 4.78 is 11.8. The van der Waals surface area contributed by atoms with E-state index in [0.717, 1.165) is 31.7 Å². The molecule has 0 spiro atoms. The average Bonchev–Trinajstić information content (AvgIpc) is 3.02. The highest BCUT2D eigenvalue weighted by Crippen LogP contribution is 2.37. The summed E-state index contributed by atoms with van der Waals surface area (Å²) in [5, 5.41) is 3.62. The Kier molecular flexibility index (Phi) is 4.23. The molecule has 1 fully saturated rings. The summed E-state index contributed by atoms with van der Waals surface area (Å²) in [6.45, 7) is 8.38. The summed E-state index contributed by atoms with van der Waals surface area (Å²) in [6.07, 6.45) is 4.87. The Bertz CT molecular complexity index is 492. The maximum atomic E-state index is 5.98.